The van der Waals surface area contributed by atoms with E-state index in [1.165, 1.54) is 89.9 Å². The minimum Gasteiger partial charge on any atom is -0.756 e. The topological polar surface area (TPSA) is 111 Å². The second-order valence-corrected chi connectivity index (χ2v) is 16.4. The molecule has 2 unspecified atom stereocenters. The van der Waals surface area contributed by atoms with Crippen LogP contribution in [0.2, 0.25) is 0 Å². The minimum atomic E-state index is -4.64. The number of rotatable bonds is 37. The van der Waals surface area contributed by atoms with Crippen LogP contribution < -0.4 is 4.89 Å². The van der Waals surface area contributed by atoms with Gasteiger partial charge in [-0.2, -0.15) is 0 Å². The molecule has 0 aliphatic heterocycles. The Morgan fingerprint density at radius 3 is 1.58 bits per heavy atom. The van der Waals surface area contributed by atoms with Crippen molar-refractivity contribution in [2.75, 3.05) is 47.5 Å². The van der Waals surface area contributed by atoms with Gasteiger partial charge in [-0.3, -0.25) is 14.2 Å². The number of ether oxygens (including phenoxy) is 2. The molecule has 0 fully saturated rings. The highest BCUT2D eigenvalue weighted by Gasteiger charge is 2.21. The van der Waals surface area contributed by atoms with Gasteiger partial charge in [0, 0.05) is 12.8 Å². The van der Waals surface area contributed by atoms with Gasteiger partial charge in [0.15, 0.2) is 6.10 Å². The van der Waals surface area contributed by atoms with E-state index in [-0.39, 0.29) is 26.1 Å². The van der Waals surface area contributed by atoms with Gasteiger partial charge in [-0.05, 0) is 44.9 Å². The molecule has 0 rings (SSSR count). The van der Waals surface area contributed by atoms with Gasteiger partial charge in [-0.25, -0.2) is 0 Å². The fourth-order valence-corrected chi connectivity index (χ4v) is 6.04. The lowest BCUT2D eigenvalue weighted by atomic mass is 10.0. The number of quaternary nitrogens is 1. The average molecular weight is 768 g/mol. The predicted molar refractivity (Wildman–Crippen MR) is 217 cm³/mol. The molecule has 0 saturated heterocycles. The van der Waals surface area contributed by atoms with Gasteiger partial charge < -0.3 is 27.9 Å². The number of carbonyl (C=O) groups is 2. The summed E-state index contributed by atoms with van der Waals surface area (Å²) >= 11 is 0. The first kappa shape index (κ1) is 51.0. The van der Waals surface area contributed by atoms with Crippen LogP contribution in [0.3, 0.4) is 0 Å². The number of hydrogen-bond donors (Lipinski definition) is 0. The number of likely N-dealkylation sites (N-methyl/N-ethyl adjacent to an activating group) is 1. The highest BCUT2D eigenvalue weighted by atomic mass is 31.2. The molecule has 2 atom stereocenters. The third kappa shape index (κ3) is 39.5. The first-order chi connectivity index (χ1) is 25.5. The lowest BCUT2D eigenvalue weighted by Crippen LogP contribution is -2.37. The molecule has 0 aliphatic rings. The van der Waals surface area contributed by atoms with Crippen LogP contribution in [0, 0.1) is 0 Å². The van der Waals surface area contributed by atoms with Crippen LogP contribution in [0.5, 0.6) is 0 Å². The Morgan fingerprint density at radius 1 is 0.585 bits per heavy atom. The van der Waals surface area contributed by atoms with Gasteiger partial charge >= 0.3 is 11.9 Å². The van der Waals surface area contributed by atoms with Crippen LogP contribution in [0.15, 0.2) is 48.6 Å². The zero-order valence-electron chi connectivity index (χ0n) is 34.4. The molecule has 0 aliphatic carbocycles. The average Bonchev–Trinajstić information content (AvgIpc) is 3.10. The van der Waals surface area contributed by atoms with Crippen LogP contribution in [-0.4, -0.2) is 70.0 Å². The number of phosphoric acid groups is 1. The second kappa shape index (κ2) is 35.7. The van der Waals surface area contributed by atoms with E-state index >= 15 is 0 Å². The molecule has 0 radical (unpaired) electrons. The monoisotopic (exact) mass is 768 g/mol. The molecule has 53 heavy (non-hydrogen) atoms. The first-order valence-corrected chi connectivity index (χ1v) is 22.3. The van der Waals surface area contributed by atoms with E-state index < -0.39 is 32.5 Å². The number of esters is 2. The Kier molecular flexibility index (Phi) is 34.3. The second-order valence-electron chi connectivity index (χ2n) is 15.0. The van der Waals surface area contributed by atoms with Crippen LogP contribution >= 0.6 is 7.82 Å². The Bertz CT molecular complexity index is 1050. The maximum absolute atomic E-state index is 12.6. The van der Waals surface area contributed by atoms with Crippen molar-refractivity contribution in [3.05, 3.63) is 48.6 Å². The van der Waals surface area contributed by atoms with Crippen LogP contribution in [0.1, 0.15) is 162 Å². The lowest BCUT2D eigenvalue weighted by molar-refractivity contribution is -0.870. The van der Waals surface area contributed by atoms with Gasteiger partial charge in [-0.15, -0.1) is 0 Å². The number of unbranched alkanes of at least 4 members (excludes halogenated alkanes) is 15. The zero-order valence-corrected chi connectivity index (χ0v) is 35.3. The molecule has 0 heterocycles. The Hall–Kier alpha value is -2.03. The summed E-state index contributed by atoms with van der Waals surface area (Å²) in [5.74, 6) is -0.929. The van der Waals surface area contributed by atoms with Gasteiger partial charge in [0.25, 0.3) is 7.82 Å². The normalized spacial score (nSPS) is 14.2. The number of carbonyl (C=O) groups excluding carboxylic acids is 2. The fourth-order valence-electron chi connectivity index (χ4n) is 5.31. The van der Waals surface area contributed by atoms with Crippen molar-refractivity contribution in [2.24, 2.45) is 0 Å². The fraction of sp³-hybridized carbons (Fsp3) is 0.767. The first-order valence-electron chi connectivity index (χ1n) is 20.8. The van der Waals surface area contributed by atoms with E-state index in [9.17, 15) is 19.0 Å². The van der Waals surface area contributed by atoms with Crippen LogP contribution in [0.4, 0.5) is 0 Å². The summed E-state index contributed by atoms with van der Waals surface area (Å²) in [5, 5.41) is 0. The van der Waals surface area contributed by atoms with E-state index in [1.807, 2.05) is 33.3 Å². The number of allylic oxidation sites excluding steroid dienone is 8. The van der Waals surface area contributed by atoms with E-state index in [0.717, 1.165) is 38.5 Å². The number of hydrogen-bond acceptors (Lipinski definition) is 8. The summed E-state index contributed by atoms with van der Waals surface area (Å²) in [4.78, 5) is 37.4. The smallest absolute Gasteiger partial charge is 0.306 e. The van der Waals surface area contributed by atoms with Gasteiger partial charge in [0.1, 0.15) is 19.8 Å². The Balaban J connectivity index is 4.52. The summed E-state index contributed by atoms with van der Waals surface area (Å²) in [6.07, 6.45) is 40.1. The lowest BCUT2D eigenvalue weighted by Gasteiger charge is -2.28. The summed E-state index contributed by atoms with van der Waals surface area (Å²) < 4.78 is 33.7. The molecule has 9 nitrogen and oxygen atoms in total. The summed E-state index contributed by atoms with van der Waals surface area (Å²) in [6, 6.07) is 0. The van der Waals surface area contributed by atoms with Crippen molar-refractivity contribution in [3.8, 4) is 0 Å². The Labute approximate surface area is 324 Å². The standard InChI is InChI=1S/C43H78NO8P/c1-6-8-10-12-14-16-18-20-21-22-23-24-26-28-30-32-34-36-43(46)52-41(40-51-53(47,48)50-38-37-44(3,4)5)39-49-42(45)35-33-31-29-27-25-19-17-15-13-11-9-7-2/h16,18,21-22,24,26,30,32,41H,6-15,17,19-20,23,25,27-29,31,33-40H2,1-5H3/b18-16-,22-21-,26-24-,32-30-. The molecule has 0 aromatic heterocycles. The molecule has 0 N–H and O–H groups in total. The van der Waals surface area contributed by atoms with Crippen LogP contribution in [0.25, 0.3) is 0 Å². The molecule has 0 amide bonds. The molecule has 0 spiro atoms. The van der Waals surface area contributed by atoms with E-state index in [2.05, 4.69) is 50.3 Å². The van der Waals surface area contributed by atoms with Crippen molar-refractivity contribution < 1.29 is 42.1 Å². The third-order valence-electron chi connectivity index (χ3n) is 8.62. The predicted octanol–water partition coefficient (Wildman–Crippen LogP) is 10.9. The SMILES string of the molecule is CCCCCC/C=C\C/C=C\C/C=C\C/C=C\CCC(=O)OC(COC(=O)CCCCCCCCCCCCCC)COP(=O)([O-])OCC[N+](C)(C)C. The zero-order chi connectivity index (χ0) is 39.3. The summed E-state index contributed by atoms with van der Waals surface area (Å²) in [6.45, 7) is 4.11. The maximum atomic E-state index is 12.6. The van der Waals surface area contributed by atoms with Crippen molar-refractivity contribution in [3.63, 3.8) is 0 Å². The van der Waals surface area contributed by atoms with Gasteiger partial charge in [0.05, 0.1) is 27.7 Å². The van der Waals surface area contributed by atoms with Crippen molar-refractivity contribution in [1.82, 2.24) is 0 Å². The highest BCUT2D eigenvalue weighted by Crippen LogP contribution is 2.38. The molecule has 308 valence electrons. The van der Waals surface area contributed by atoms with E-state index in [1.54, 1.807) is 0 Å². The third-order valence-corrected chi connectivity index (χ3v) is 9.58. The van der Waals surface area contributed by atoms with E-state index in [0.29, 0.717) is 17.4 Å². The molecular formula is C43H78NO8P. The molecule has 0 aromatic rings. The molecule has 0 saturated carbocycles. The van der Waals surface area contributed by atoms with Crippen LogP contribution in [-0.2, 0) is 32.7 Å². The highest BCUT2D eigenvalue weighted by molar-refractivity contribution is 7.45. The van der Waals surface area contributed by atoms with Crippen molar-refractivity contribution in [1.29, 1.82) is 0 Å². The summed E-state index contributed by atoms with van der Waals surface area (Å²) in [5.41, 5.74) is 0. The quantitative estimate of drug-likeness (QED) is 0.0202. The molecule has 0 bridgehead atoms. The van der Waals surface area contributed by atoms with Crippen molar-refractivity contribution in [2.45, 2.75) is 168 Å². The van der Waals surface area contributed by atoms with Crippen molar-refractivity contribution >= 4 is 19.8 Å². The molecule has 0 aromatic carbocycles. The van der Waals surface area contributed by atoms with Gasteiger partial charge in [0.2, 0.25) is 0 Å². The Morgan fingerprint density at radius 2 is 1.06 bits per heavy atom. The largest absolute Gasteiger partial charge is 0.756 e. The minimum absolute atomic E-state index is 0.0438. The maximum Gasteiger partial charge on any atom is 0.306 e. The van der Waals surface area contributed by atoms with Gasteiger partial charge in [-0.1, -0.05) is 152 Å². The number of phosphoric ester groups is 1. The molecular weight excluding hydrogens is 689 g/mol. The summed E-state index contributed by atoms with van der Waals surface area (Å²) in [7, 11) is 1.12. The number of nitrogens with zero attached hydrogens (tertiary/aromatic N) is 1. The molecule has 10 heteroatoms. The van der Waals surface area contributed by atoms with E-state index in [4.69, 9.17) is 18.5 Å².